The highest BCUT2D eigenvalue weighted by atomic mass is 32.1. The number of likely N-dealkylation sites (tertiary alicyclic amines) is 1. The Bertz CT molecular complexity index is 759. The highest BCUT2D eigenvalue weighted by Gasteiger charge is 2.33. The molecule has 2 rings (SSSR count). The van der Waals surface area contributed by atoms with Gasteiger partial charge in [0.05, 0.1) is 24.7 Å². The molecule has 1 atom stereocenters. The van der Waals surface area contributed by atoms with E-state index in [1.54, 1.807) is 20.8 Å². The van der Waals surface area contributed by atoms with Gasteiger partial charge < -0.3 is 19.5 Å². The van der Waals surface area contributed by atoms with E-state index in [0.29, 0.717) is 18.5 Å². The van der Waals surface area contributed by atoms with E-state index in [0.717, 1.165) is 11.3 Å². The van der Waals surface area contributed by atoms with Gasteiger partial charge in [-0.3, -0.25) is 10.1 Å². The molecule has 9 nitrogen and oxygen atoms in total. The van der Waals surface area contributed by atoms with Crippen molar-refractivity contribution in [3.8, 4) is 0 Å². The van der Waals surface area contributed by atoms with Gasteiger partial charge in [-0.25, -0.2) is 14.4 Å². The second kappa shape index (κ2) is 8.85. The van der Waals surface area contributed by atoms with Gasteiger partial charge in [-0.1, -0.05) is 0 Å². The Morgan fingerprint density at radius 2 is 1.81 bits per heavy atom. The Kier molecular flexibility index (Phi) is 6.78. The molecule has 0 aliphatic carbocycles. The van der Waals surface area contributed by atoms with Crippen molar-refractivity contribution in [1.82, 2.24) is 4.90 Å². The van der Waals surface area contributed by atoms with Crippen LogP contribution in [0, 0.1) is 12.8 Å². The van der Waals surface area contributed by atoms with Crippen LogP contribution in [0.2, 0.25) is 0 Å². The SMILES string of the molecule is CCOC(=O)c1sc(NC(=O)N2CCC(C(=O)O)C2)c(C(=O)OCC)c1C. The molecule has 0 spiro atoms. The second-order valence-electron chi connectivity index (χ2n) is 5.90. The van der Waals surface area contributed by atoms with Crippen LogP contribution < -0.4 is 5.32 Å². The smallest absolute Gasteiger partial charge is 0.348 e. The zero-order valence-corrected chi connectivity index (χ0v) is 16.2. The van der Waals surface area contributed by atoms with E-state index in [9.17, 15) is 19.2 Å². The number of amides is 2. The van der Waals surface area contributed by atoms with Crippen molar-refractivity contribution in [3.63, 3.8) is 0 Å². The molecule has 148 valence electrons. The maximum atomic E-state index is 12.5. The van der Waals surface area contributed by atoms with E-state index in [2.05, 4.69) is 5.32 Å². The Labute approximate surface area is 160 Å². The maximum Gasteiger partial charge on any atom is 0.348 e. The molecule has 1 aliphatic heterocycles. The Morgan fingerprint density at radius 3 is 2.37 bits per heavy atom. The molecule has 2 N–H and O–H groups in total. The van der Waals surface area contributed by atoms with Crippen LogP contribution in [0.1, 0.15) is 45.9 Å². The van der Waals surface area contributed by atoms with E-state index in [1.807, 2.05) is 0 Å². The van der Waals surface area contributed by atoms with Crippen molar-refractivity contribution in [3.05, 3.63) is 16.0 Å². The monoisotopic (exact) mass is 398 g/mol. The van der Waals surface area contributed by atoms with Crippen molar-refractivity contribution < 1.29 is 33.8 Å². The van der Waals surface area contributed by atoms with Gasteiger partial charge in [0.1, 0.15) is 9.88 Å². The fourth-order valence-corrected chi connectivity index (χ4v) is 3.84. The average molecular weight is 398 g/mol. The largest absolute Gasteiger partial charge is 0.481 e. The van der Waals surface area contributed by atoms with Gasteiger partial charge >= 0.3 is 23.9 Å². The van der Waals surface area contributed by atoms with Crippen LogP contribution in [0.4, 0.5) is 9.80 Å². The minimum Gasteiger partial charge on any atom is -0.481 e. The predicted octanol–water partition coefficient (Wildman–Crippen LogP) is 2.35. The first-order valence-corrected chi connectivity index (χ1v) is 9.38. The lowest BCUT2D eigenvalue weighted by Gasteiger charge is -2.16. The van der Waals surface area contributed by atoms with Gasteiger partial charge in [0.2, 0.25) is 0 Å². The maximum absolute atomic E-state index is 12.5. The van der Waals surface area contributed by atoms with Crippen LogP contribution in [0.5, 0.6) is 0 Å². The molecule has 10 heteroatoms. The number of nitrogens with one attached hydrogen (secondary N) is 1. The Hall–Kier alpha value is -2.62. The molecule has 1 aromatic heterocycles. The summed E-state index contributed by atoms with van der Waals surface area (Å²) in [6.07, 6.45) is 0.366. The number of ether oxygens (including phenoxy) is 2. The number of esters is 2. The third-order valence-corrected chi connectivity index (χ3v) is 5.32. The van der Waals surface area contributed by atoms with Gasteiger partial charge in [-0.05, 0) is 32.8 Å². The number of aliphatic carboxylic acids is 1. The van der Waals surface area contributed by atoms with Crippen molar-refractivity contribution in [1.29, 1.82) is 0 Å². The van der Waals surface area contributed by atoms with Crippen LogP contribution >= 0.6 is 11.3 Å². The number of thiophene rings is 1. The highest BCUT2D eigenvalue weighted by molar-refractivity contribution is 7.18. The lowest BCUT2D eigenvalue weighted by Crippen LogP contribution is -2.34. The Morgan fingerprint density at radius 1 is 1.19 bits per heavy atom. The third-order valence-electron chi connectivity index (χ3n) is 4.13. The number of hydrogen-bond acceptors (Lipinski definition) is 7. The highest BCUT2D eigenvalue weighted by Crippen LogP contribution is 2.34. The molecule has 0 saturated carbocycles. The normalized spacial score (nSPS) is 16.1. The first kappa shape index (κ1) is 20.7. The Balaban J connectivity index is 2.27. The number of nitrogens with zero attached hydrogens (tertiary/aromatic N) is 1. The number of carbonyl (C=O) groups excluding carboxylic acids is 3. The summed E-state index contributed by atoms with van der Waals surface area (Å²) in [7, 11) is 0. The van der Waals surface area contributed by atoms with Crippen molar-refractivity contribution in [2.45, 2.75) is 27.2 Å². The summed E-state index contributed by atoms with van der Waals surface area (Å²) in [6.45, 7) is 5.61. The van der Waals surface area contributed by atoms with Crippen LogP contribution in [0.3, 0.4) is 0 Å². The zero-order valence-electron chi connectivity index (χ0n) is 15.4. The van der Waals surface area contributed by atoms with E-state index < -0.39 is 29.9 Å². The summed E-state index contributed by atoms with van der Waals surface area (Å²) >= 11 is 0.932. The zero-order chi connectivity index (χ0) is 20.1. The van der Waals surface area contributed by atoms with Crippen LogP contribution in [-0.4, -0.2) is 60.2 Å². The van der Waals surface area contributed by atoms with Crippen molar-refractivity contribution in [2.75, 3.05) is 31.6 Å². The molecule has 2 amide bonds. The molecule has 1 saturated heterocycles. The lowest BCUT2D eigenvalue weighted by atomic mass is 10.1. The quantitative estimate of drug-likeness (QED) is 0.705. The van der Waals surface area contributed by atoms with Crippen LogP contribution in [0.15, 0.2) is 0 Å². The summed E-state index contributed by atoms with van der Waals surface area (Å²) in [5.41, 5.74) is 0.476. The number of carboxylic acids is 1. The molecule has 27 heavy (non-hydrogen) atoms. The van der Waals surface area contributed by atoms with Crippen LogP contribution in [-0.2, 0) is 14.3 Å². The van der Waals surface area contributed by atoms with Gasteiger partial charge in [-0.15, -0.1) is 11.3 Å². The number of carboxylic acid groups (broad SMARTS) is 1. The van der Waals surface area contributed by atoms with E-state index in [1.165, 1.54) is 4.90 Å². The first-order chi connectivity index (χ1) is 12.8. The van der Waals surface area contributed by atoms with E-state index >= 15 is 0 Å². The summed E-state index contributed by atoms with van der Waals surface area (Å²) in [5, 5.41) is 11.9. The van der Waals surface area contributed by atoms with Crippen molar-refractivity contribution in [2.24, 2.45) is 5.92 Å². The number of carbonyl (C=O) groups is 4. The number of rotatable bonds is 6. The molecule has 0 bridgehead atoms. The molecule has 2 heterocycles. The molecular weight excluding hydrogens is 376 g/mol. The molecule has 0 aromatic carbocycles. The fraction of sp³-hybridized carbons (Fsp3) is 0.529. The molecule has 0 radical (unpaired) electrons. The molecule has 1 aliphatic rings. The number of urea groups is 1. The van der Waals surface area contributed by atoms with Crippen LogP contribution in [0.25, 0.3) is 0 Å². The van der Waals surface area contributed by atoms with Gasteiger partial charge in [0, 0.05) is 13.1 Å². The number of anilines is 1. The first-order valence-electron chi connectivity index (χ1n) is 8.56. The standard InChI is InChI=1S/C17H22N2O7S/c1-4-25-15(22)11-9(3)12(16(23)26-5-2)27-13(11)18-17(24)19-7-6-10(8-19)14(20)21/h10H,4-8H2,1-3H3,(H,18,24)(H,20,21). The third kappa shape index (κ3) is 4.57. The predicted molar refractivity (Wildman–Crippen MR) is 97.3 cm³/mol. The van der Waals surface area contributed by atoms with E-state index in [4.69, 9.17) is 14.6 Å². The summed E-state index contributed by atoms with van der Waals surface area (Å²) in [5.74, 6) is -2.80. The molecule has 1 aromatic rings. The molecule has 1 fully saturated rings. The van der Waals surface area contributed by atoms with Gasteiger partial charge in [0.25, 0.3) is 0 Å². The molecule has 1 unspecified atom stereocenters. The van der Waals surface area contributed by atoms with E-state index in [-0.39, 0.29) is 35.2 Å². The lowest BCUT2D eigenvalue weighted by molar-refractivity contribution is -0.141. The minimum absolute atomic E-state index is 0.0883. The average Bonchev–Trinajstić information content (AvgIpc) is 3.20. The molecular formula is C17H22N2O7S. The van der Waals surface area contributed by atoms with Crippen molar-refractivity contribution >= 4 is 40.3 Å². The summed E-state index contributed by atoms with van der Waals surface area (Å²) in [4.78, 5) is 49.6. The summed E-state index contributed by atoms with van der Waals surface area (Å²) in [6, 6.07) is -0.527. The minimum atomic E-state index is -0.950. The van der Waals surface area contributed by atoms with Gasteiger partial charge in [0.15, 0.2) is 0 Å². The number of hydrogen-bond donors (Lipinski definition) is 2. The fourth-order valence-electron chi connectivity index (χ4n) is 2.76. The topological polar surface area (TPSA) is 122 Å². The van der Waals surface area contributed by atoms with Gasteiger partial charge in [-0.2, -0.15) is 0 Å². The second-order valence-corrected chi connectivity index (χ2v) is 6.92. The summed E-state index contributed by atoms with van der Waals surface area (Å²) < 4.78 is 10.0.